The third-order valence-electron chi connectivity index (χ3n) is 3.46. The van der Waals surface area contributed by atoms with Crippen molar-refractivity contribution in [2.75, 3.05) is 26.2 Å². The van der Waals surface area contributed by atoms with Gasteiger partial charge in [0, 0.05) is 36.3 Å². The van der Waals surface area contributed by atoms with Crippen LogP contribution in [0.25, 0.3) is 0 Å². The van der Waals surface area contributed by atoms with E-state index in [0.29, 0.717) is 0 Å². The summed E-state index contributed by atoms with van der Waals surface area (Å²) in [5.41, 5.74) is 1.37. The fourth-order valence-corrected chi connectivity index (χ4v) is 2.60. The van der Waals surface area contributed by atoms with Crippen molar-refractivity contribution < 1.29 is 0 Å². The maximum atomic E-state index is 8.91. The van der Waals surface area contributed by atoms with Gasteiger partial charge in [0.1, 0.15) is 0 Å². The molecule has 2 rings (SSSR count). The van der Waals surface area contributed by atoms with Crippen molar-refractivity contribution in [2.24, 2.45) is 0 Å². The molecule has 1 fully saturated rings. The minimum atomic E-state index is 0.0467. The Bertz CT molecular complexity index is 416. The predicted octanol–water partition coefficient (Wildman–Crippen LogP) is 2.32. The third kappa shape index (κ3) is 3.67. The Morgan fingerprint density at radius 3 is 2.39 bits per heavy atom. The van der Waals surface area contributed by atoms with Crippen LogP contribution in [0.2, 0.25) is 0 Å². The highest BCUT2D eigenvalue weighted by Crippen LogP contribution is 2.12. The molecule has 0 radical (unpaired) electrons. The Morgan fingerprint density at radius 2 is 1.83 bits per heavy atom. The molecule has 18 heavy (non-hydrogen) atoms. The summed E-state index contributed by atoms with van der Waals surface area (Å²) in [6, 6.07) is 11.1. The number of nitrogens with zero attached hydrogens (tertiary/aromatic N) is 3. The van der Waals surface area contributed by atoms with Gasteiger partial charge in [0.05, 0.1) is 12.1 Å². The van der Waals surface area contributed by atoms with Crippen molar-refractivity contribution in [1.29, 1.82) is 5.26 Å². The molecule has 1 aliphatic rings. The summed E-state index contributed by atoms with van der Waals surface area (Å²) >= 11 is 2.33. The zero-order chi connectivity index (χ0) is 13.0. The lowest BCUT2D eigenvalue weighted by Crippen LogP contribution is -2.48. The molecule has 0 aliphatic carbocycles. The monoisotopic (exact) mass is 355 g/mol. The van der Waals surface area contributed by atoms with E-state index in [1.807, 2.05) is 6.92 Å². The highest BCUT2D eigenvalue weighted by molar-refractivity contribution is 14.1. The summed E-state index contributed by atoms with van der Waals surface area (Å²) < 4.78 is 1.28. The number of halogens is 1. The number of benzene rings is 1. The van der Waals surface area contributed by atoms with E-state index >= 15 is 0 Å². The number of rotatable bonds is 3. The summed E-state index contributed by atoms with van der Waals surface area (Å²) in [6.07, 6.45) is 0. The van der Waals surface area contributed by atoms with Gasteiger partial charge in [0.25, 0.3) is 0 Å². The van der Waals surface area contributed by atoms with Crippen molar-refractivity contribution in [2.45, 2.75) is 19.5 Å². The second kappa shape index (κ2) is 6.50. The van der Waals surface area contributed by atoms with Crippen molar-refractivity contribution >= 4 is 22.6 Å². The van der Waals surface area contributed by atoms with Crippen LogP contribution in [0.5, 0.6) is 0 Å². The molecular formula is C14H18IN3. The molecule has 1 saturated heterocycles. The van der Waals surface area contributed by atoms with Gasteiger partial charge in [-0.1, -0.05) is 12.1 Å². The molecule has 3 nitrogen and oxygen atoms in total. The smallest absolute Gasteiger partial charge is 0.0950 e. The van der Waals surface area contributed by atoms with Crippen LogP contribution in [-0.4, -0.2) is 42.0 Å². The van der Waals surface area contributed by atoms with Gasteiger partial charge in [-0.3, -0.25) is 9.80 Å². The molecule has 1 unspecified atom stereocenters. The Hall–Kier alpha value is -0.640. The van der Waals surface area contributed by atoms with Crippen LogP contribution >= 0.6 is 22.6 Å². The number of hydrogen-bond acceptors (Lipinski definition) is 3. The maximum Gasteiger partial charge on any atom is 0.0950 e. The fourth-order valence-electron chi connectivity index (χ4n) is 2.24. The first-order valence-electron chi connectivity index (χ1n) is 6.29. The minimum Gasteiger partial charge on any atom is -0.297 e. The largest absolute Gasteiger partial charge is 0.297 e. The van der Waals surface area contributed by atoms with E-state index in [4.69, 9.17) is 5.26 Å². The molecule has 0 saturated carbocycles. The van der Waals surface area contributed by atoms with Gasteiger partial charge < -0.3 is 0 Å². The zero-order valence-corrected chi connectivity index (χ0v) is 12.8. The third-order valence-corrected chi connectivity index (χ3v) is 4.18. The van der Waals surface area contributed by atoms with Gasteiger partial charge in [0.2, 0.25) is 0 Å². The molecule has 96 valence electrons. The van der Waals surface area contributed by atoms with Crippen LogP contribution in [0.3, 0.4) is 0 Å². The molecule has 0 spiro atoms. The van der Waals surface area contributed by atoms with Crippen LogP contribution < -0.4 is 0 Å². The van der Waals surface area contributed by atoms with E-state index < -0.39 is 0 Å². The van der Waals surface area contributed by atoms with Crippen LogP contribution in [0.1, 0.15) is 12.5 Å². The summed E-state index contributed by atoms with van der Waals surface area (Å²) in [5.74, 6) is 0. The first-order chi connectivity index (χ1) is 8.69. The number of piperazine rings is 1. The van der Waals surface area contributed by atoms with E-state index in [1.54, 1.807) is 0 Å². The van der Waals surface area contributed by atoms with Gasteiger partial charge in [-0.15, -0.1) is 0 Å². The Balaban J connectivity index is 1.84. The van der Waals surface area contributed by atoms with E-state index in [-0.39, 0.29) is 6.04 Å². The molecule has 1 aliphatic heterocycles. The zero-order valence-electron chi connectivity index (χ0n) is 10.6. The van der Waals surface area contributed by atoms with Crippen LogP contribution in [-0.2, 0) is 6.54 Å². The second-order valence-corrected chi connectivity index (χ2v) is 5.99. The van der Waals surface area contributed by atoms with E-state index in [1.165, 1.54) is 9.13 Å². The SMILES string of the molecule is CC(C#N)N1CCN(Cc2ccc(I)cc2)CC1. The summed E-state index contributed by atoms with van der Waals surface area (Å²) in [6.45, 7) is 7.11. The number of nitriles is 1. The van der Waals surface area contributed by atoms with E-state index in [0.717, 1.165) is 32.7 Å². The highest BCUT2D eigenvalue weighted by atomic mass is 127. The molecule has 0 amide bonds. The van der Waals surface area contributed by atoms with Crippen molar-refractivity contribution in [1.82, 2.24) is 9.80 Å². The van der Waals surface area contributed by atoms with E-state index in [2.05, 4.69) is 62.7 Å². The molecular weight excluding hydrogens is 337 g/mol. The van der Waals surface area contributed by atoms with Gasteiger partial charge in [-0.2, -0.15) is 5.26 Å². The fraction of sp³-hybridized carbons (Fsp3) is 0.500. The Labute approximate surface area is 123 Å². The van der Waals surface area contributed by atoms with Gasteiger partial charge >= 0.3 is 0 Å². The lowest BCUT2D eigenvalue weighted by atomic mass is 10.2. The van der Waals surface area contributed by atoms with Crippen LogP contribution in [0.4, 0.5) is 0 Å². The van der Waals surface area contributed by atoms with Crippen molar-refractivity contribution in [3.05, 3.63) is 33.4 Å². The molecule has 1 atom stereocenters. The van der Waals surface area contributed by atoms with Crippen molar-refractivity contribution in [3.63, 3.8) is 0 Å². The Kier molecular flexibility index (Phi) is 4.98. The maximum absolute atomic E-state index is 8.91. The molecule has 1 aromatic carbocycles. The molecule has 1 aromatic rings. The molecule has 0 aromatic heterocycles. The molecule has 1 heterocycles. The first kappa shape index (κ1) is 13.8. The molecule has 0 bridgehead atoms. The normalized spacial score (nSPS) is 19.4. The molecule has 4 heteroatoms. The summed E-state index contributed by atoms with van der Waals surface area (Å²) in [4.78, 5) is 4.72. The quantitative estimate of drug-likeness (QED) is 0.780. The van der Waals surface area contributed by atoms with E-state index in [9.17, 15) is 0 Å². The second-order valence-electron chi connectivity index (χ2n) is 4.74. The van der Waals surface area contributed by atoms with Gasteiger partial charge in [0.15, 0.2) is 0 Å². The standard InChI is InChI=1S/C14H18IN3/c1-12(10-16)18-8-6-17(7-9-18)11-13-2-4-14(15)5-3-13/h2-5,12H,6-9,11H2,1H3. The van der Waals surface area contributed by atoms with Crippen LogP contribution in [0.15, 0.2) is 24.3 Å². The lowest BCUT2D eigenvalue weighted by molar-refractivity contribution is 0.114. The van der Waals surface area contributed by atoms with Gasteiger partial charge in [-0.25, -0.2) is 0 Å². The predicted molar refractivity (Wildman–Crippen MR) is 81.1 cm³/mol. The highest BCUT2D eigenvalue weighted by Gasteiger charge is 2.20. The van der Waals surface area contributed by atoms with Crippen molar-refractivity contribution in [3.8, 4) is 6.07 Å². The molecule has 0 N–H and O–H groups in total. The Morgan fingerprint density at radius 1 is 1.22 bits per heavy atom. The number of hydrogen-bond donors (Lipinski definition) is 0. The summed E-state index contributed by atoms with van der Waals surface area (Å²) in [7, 11) is 0. The lowest BCUT2D eigenvalue weighted by Gasteiger charge is -2.35. The van der Waals surface area contributed by atoms with Gasteiger partial charge in [-0.05, 0) is 47.2 Å². The summed E-state index contributed by atoms with van der Waals surface area (Å²) in [5, 5.41) is 8.91. The first-order valence-corrected chi connectivity index (χ1v) is 7.37. The minimum absolute atomic E-state index is 0.0467. The van der Waals surface area contributed by atoms with Crippen LogP contribution in [0, 0.1) is 14.9 Å². The topological polar surface area (TPSA) is 30.3 Å². The average molecular weight is 355 g/mol. The average Bonchev–Trinajstić information content (AvgIpc) is 2.41.